The molecule has 0 spiro atoms. The molecule has 1 aromatic heterocycles. The van der Waals surface area contributed by atoms with E-state index in [1.807, 2.05) is 6.92 Å². The Morgan fingerprint density at radius 1 is 1.29 bits per heavy atom. The highest BCUT2D eigenvalue weighted by Crippen LogP contribution is 2.05. The van der Waals surface area contributed by atoms with Gasteiger partial charge in [-0.05, 0) is 12.8 Å². The van der Waals surface area contributed by atoms with Gasteiger partial charge in [0, 0.05) is 0 Å². The van der Waals surface area contributed by atoms with Crippen LogP contribution in [0.1, 0.15) is 39.5 Å². The molecule has 0 bridgehead atoms. The molecule has 6 heteroatoms. The predicted molar refractivity (Wildman–Crippen MR) is 65.2 cm³/mol. The van der Waals surface area contributed by atoms with Crippen molar-refractivity contribution >= 4 is 10.1 Å². The summed E-state index contributed by atoms with van der Waals surface area (Å²) in [4.78, 5) is 2.81. The molecule has 0 unspecified atom stereocenters. The van der Waals surface area contributed by atoms with Crippen molar-refractivity contribution in [3.05, 3.63) is 12.4 Å². The van der Waals surface area contributed by atoms with E-state index in [2.05, 4.69) is 11.9 Å². The molecule has 0 radical (unpaired) electrons. The van der Waals surface area contributed by atoms with E-state index in [9.17, 15) is 8.42 Å². The molecule has 0 atom stereocenters. The van der Waals surface area contributed by atoms with E-state index in [1.54, 1.807) is 17.0 Å². The highest BCUT2D eigenvalue weighted by molar-refractivity contribution is 7.87. The number of nitrogens with one attached hydrogen (secondary N) is 1. The zero-order chi connectivity index (χ0) is 12.7. The second-order valence-corrected chi connectivity index (χ2v) is 5.70. The number of hydrogen-bond acceptors (Lipinski definition) is 3. The van der Waals surface area contributed by atoms with Crippen molar-refractivity contribution in [3.8, 4) is 6.01 Å². The van der Waals surface area contributed by atoms with Gasteiger partial charge >= 0.3 is 16.1 Å². The normalized spacial score (nSPS) is 11.6. The maximum atomic E-state index is 11.6. The number of hydrogen-bond donors (Lipinski definition) is 1. The van der Waals surface area contributed by atoms with Crippen molar-refractivity contribution in [2.75, 3.05) is 5.75 Å². The van der Waals surface area contributed by atoms with Gasteiger partial charge in [0.15, 0.2) is 0 Å². The molecule has 5 nitrogen and oxygen atoms in total. The van der Waals surface area contributed by atoms with Crippen LogP contribution in [0.15, 0.2) is 12.4 Å². The summed E-state index contributed by atoms with van der Waals surface area (Å²) >= 11 is 0. The van der Waals surface area contributed by atoms with Crippen molar-refractivity contribution < 1.29 is 17.2 Å². The summed E-state index contributed by atoms with van der Waals surface area (Å²) < 4.78 is 30.1. The Morgan fingerprint density at radius 2 is 2.00 bits per heavy atom. The summed E-state index contributed by atoms with van der Waals surface area (Å²) in [7, 11) is -3.47. The molecule has 1 N–H and O–H groups in total. The second kappa shape index (κ2) is 6.64. The average molecular weight is 261 g/mol. The minimum Gasteiger partial charge on any atom is -0.308 e. The van der Waals surface area contributed by atoms with E-state index in [0.29, 0.717) is 12.4 Å². The van der Waals surface area contributed by atoms with Crippen LogP contribution in [0.4, 0.5) is 0 Å². The SMILES string of the molecule is CCCC[n+]1cc[nH]c1OS(=O)(=O)CCCC. The third kappa shape index (κ3) is 4.77. The van der Waals surface area contributed by atoms with Crippen molar-refractivity contribution in [2.45, 2.75) is 46.1 Å². The molecule has 0 aliphatic rings. The summed E-state index contributed by atoms with van der Waals surface area (Å²) in [5.41, 5.74) is 0. The highest BCUT2D eigenvalue weighted by atomic mass is 32.2. The summed E-state index contributed by atoms with van der Waals surface area (Å²) in [6, 6.07) is 0.301. The first-order valence-electron chi connectivity index (χ1n) is 6.08. The molecule has 1 rings (SSSR count). The van der Waals surface area contributed by atoms with Crippen LogP contribution in [0, 0.1) is 0 Å². The highest BCUT2D eigenvalue weighted by Gasteiger charge is 2.20. The monoisotopic (exact) mass is 261 g/mol. The number of H-pyrrole nitrogens is 1. The molecule has 0 aliphatic heterocycles. The summed E-state index contributed by atoms with van der Waals surface area (Å²) in [6.45, 7) is 4.80. The molecule has 0 aromatic carbocycles. The Bertz CT molecular complexity index is 426. The molecule has 98 valence electrons. The molecule has 1 aromatic rings. The maximum absolute atomic E-state index is 11.6. The third-order valence-electron chi connectivity index (χ3n) is 2.43. The Hall–Kier alpha value is -1.04. The minimum absolute atomic E-state index is 0.0658. The van der Waals surface area contributed by atoms with E-state index in [1.165, 1.54) is 0 Å². The lowest BCUT2D eigenvalue weighted by molar-refractivity contribution is -0.698. The third-order valence-corrected chi connectivity index (χ3v) is 3.63. The molecule has 0 fully saturated rings. The van der Waals surface area contributed by atoms with Gasteiger partial charge in [0.05, 0.1) is 12.3 Å². The van der Waals surface area contributed by atoms with Crippen LogP contribution in [-0.4, -0.2) is 19.2 Å². The summed E-state index contributed by atoms with van der Waals surface area (Å²) in [5.74, 6) is 0.0658. The Kier molecular flexibility index (Phi) is 5.47. The van der Waals surface area contributed by atoms with E-state index in [-0.39, 0.29) is 5.75 Å². The van der Waals surface area contributed by atoms with Crippen molar-refractivity contribution in [1.82, 2.24) is 4.98 Å². The van der Waals surface area contributed by atoms with Gasteiger partial charge in [0.1, 0.15) is 12.4 Å². The smallest absolute Gasteiger partial charge is 0.308 e. The van der Waals surface area contributed by atoms with E-state index in [0.717, 1.165) is 25.8 Å². The molecule has 0 saturated carbocycles. The summed E-state index contributed by atoms with van der Waals surface area (Å²) in [5, 5.41) is 0. The fraction of sp³-hybridized carbons (Fsp3) is 0.727. The zero-order valence-electron chi connectivity index (χ0n) is 10.5. The molecular weight excluding hydrogens is 240 g/mol. The van der Waals surface area contributed by atoms with Crippen LogP contribution in [-0.2, 0) is 16.7 Å². The van der Waals surface area contributed by atoms with Crippen molar-refractivity contribution in [3.63, 3.8) is 0 Å². The zero-order valence-corrected chi connectivity index (χ0v) is 11.3. The van der Waals surface area contributed by atoms with Gasteiger partial charge in [-0.15, -0.1) is 0 Å². The van der Waals surface area contributed by atoms with Gasteiger partial charge < -0.3 is 4.18 Å². The molecule has 17 heavy (non-hydrogen) atoms. The number of rotatable bonds is 8. The van der Waals surface area contributed by atoms with Crippen LogP contribution in [0.25, 0.3) is 0 Å². The number of aromatic amines is 1. The van der Waals surface area contributed by atoms with Crippen molar-refractivity contribution in [2.24, 2.45) is 0 Å². The van der Waals surface area contributed by atoms with Crippen LogP contribution < -0.4 is 8.75 Å². The number of imidazole rings is 1. The first-order chi connectivity index (χ1) is 8.09. The fourth-order valence-electron chi connectivity index (χ4n) is 1.41. The standard InChI is InChI=1S/C11H20N2O3S/c1-3-5-8-13-9-7-12-11(13)16-17(14,15)10-6-4-2/h7,9H,3-6,8,10H2,1-2H3/p+1. The molecule has 1 heterocycles. The quantitative estimate of drug-likeness (QED) is 0.571. The van der Waals surface area contributed by atoms with Crippen LogP contribution >= 0.6 is 0 Å². The van der Waals surface area contributed by atoms with Crippen LogP contribution in [0.3, 0.4) is 0 Å². The predicted octanol–water partition coefficient (Wildman–Crippen LogP) is 1.61. The number of nitrogens with zero attached hydrogens (tertiary/aromatic N) is 1. The second-order valence-electron chi connectivity index (χ2n) is 4.01. The fourth-order valence-corrected chi connectivity index (χ4v) is 2.52. The Labute approximate surface area is 103 Å². The van der Waals surface area contributed by atoms with Crippen molar-refractivity contribution in [1.29, 1.82) is 0 Å². The number of aryl methyl sites for hydroxylation is 1. The Balaban J connectivity index is 2.64. The first kappa shape index (κ1) is 14.0. The van der Waals surface area contributed by atoms with Gasteiger partial charge in [-0.2, -0.15) is 13.0 Å². The molecular formula is C11H21N2O3S+. The van der Waals surface area contributed by atoms with Gasteiger partial charge in [0.25, 0.3) is 0 Å². The number of aromatic nitrogens is 2. The topological polar surface area (TPSA) is 63.0 Å². The van der Waals surface area contributed by atoms with Gasteiger partial charge in [-0.1, -0.05) is 26.7 Å². The minimum atomic E-state index is -3.47. The molecule has 0 aliphatic carbocycles. The maximum Gasteiger partial charge on any atom is 0.469 e. The van der Waals surface area contributed by atoms with Gasteiger partial charge in [0.2, 0.25) is 0 Å². The van der Waals surface area contributed by atoms with E-state index in [4.69, 9.17) is 4.18 Å². The van der Waals surface area contributed by atoms with E-state index < -0.39 is 10.1 Å². The number of unbranched alkanes of at least 4 members (excludes halogenated alkanes) is 2. The molecule has 0 amide bonds. The lowest BCUT2D eigenvalue weighted by Gasteiger charge is -2.03. The Morgan fingerprint density at radius 3 is 2.65 bits per heavy atom. The van der Waals surface area contributed by atoms with Crippen LogP contribution in [0.5, 0.6) is 6.01 Å². The average Bonchev–Trinajstić information content (AvgIpc) is 2.70. The van der Waals surface area contributed by atoms with E-state index >= 15 is 0 Å². The first-order valence-corrected chi connectivity index (χ1v) is 7.65. The lowest BCUT2D eigenvalue weighted by Crippen LogP contribution is -2.35. The lowest BCUT2D eigenvalue weighted by atomic mass is 10.3. The summed E-state index contributed by atoms with van der Waals surface area (Å²) in [6.07, 6.45) is 6.98. The largest absolute Gasteiger partial charge is 0.469 e. The van der Waals surface area contributed by atoms with Crippen LogP contribution in [0.2, 0.25) is 0 Å². The van der Waals surface area contributed by atoms with Gasteiger partial charge in [-0.3, -0.25) is 0 Å². The molecule has 0 saturated heterocycles. The van der Waals surface area contributed by atoms with Gasteiger partial charge in [-0.25, -0.2) is 4.98 Å².